The molecule has 2 amide bonds. The molecule has 1 aromatic carbocycles. The number of pyridine rings is 1. The van der Waals surface area contributed by atoms with Crippen LogP contribution in [-0.2, 0) is 16.0 Å². The van der Waals surface area contributed by atoms with Crippen LogP contribution >= 0.6 is 0 Å². The average molecular weight is 424 g/mol. The molecular formula is C23H22F2N4O2. The molecule has 3 heterocycles. The van der Waals surface area contributed by atoms with E-state index < -0.39 is 12.0 Å². The minimum atomic E-state index is -0.594. The first kappa shape index (κ1) is 20.7. The fourth-order valence-corrected chi connectivity index (χ4v) is 3.69. The van der Waals surface area contributed by atoms with Crippen molar-refractivity contribution in [2.45, 2.75) is 32.2 Å². The van der Waals surface area contributed by atoms with Crippen LogP contribution in [0.4, 0.5) is 8.78 Å². The van der Waals surface area contributed by atoms with Crippen molar-refractivity contribution in [3.8, 4) is 22.5 Å². The summed E-state index contributed by atoms with van der Waals surface area (Å²) in [7, 11) is 0. The molecule has 4 rings (SSSR count). The third-order valence-corrected chi connectivity index (χ3v) is 5.32. The molecule has 1 unspecified atom stereocenters. The first-order valence-electron chi connectivity index (χ1n) is 10.1. The lowest BCUT2D eigenvalue weighted by atomic mass is 10.0. The highest BCUT2D eigenvalue weighted by Gasteiger charge is 2.25. The summed E-state index contributed by atoms with van der Waals surface area (Å²) in [4.78, 5) is 31.1. The van der Waals surface area contributed by atoms with Gasteiger partial charge in [-0.15, -0.1) is 0 Å². The van der Waals surface area contributed by atoms with Crippen molar-refractivity contribution >= 4 is 11.8 Å². The van der Waals surface area contributed by atoms with Gasteiger partial charge in [0.2, 0.25) is 17.8 Å². The second-order valence-corrected chi connectivity index (χ2v) is 7.58. The van der Waals surface area contributed by atoms with Gasteiger partial charge in [-0.2, -0.15) is 4.39 Å². The minimum absolute atomic E-state index is 0.157. The van der Waals surface area contributed by atoms with Crippen LogP contribution in [0.5, 0.6) is 0 Å². The monoisotopic (exact) mass is 424 g/mol. The van der Waals surface area contributed by atoms with Gasteiger partial charge in [0.1, 0.15) is 11.9 Å². The smallest absolute Gasteiger partial charge is 0.242 e. The molecule has 1 aliphatic rings. The van der Waals surface area contributed by atoms with Gasteiger partial charge in [-0.1, -0.05) is 0 Å². The van der Waals surface area contributed by atoms with E-state index in [9.17, 15) is 18.4 Å². The van der Waals surface area contributed by atoms with E-state index in [-0.39, 0.29) is 24.1 Å². The van der Waals surface area contributed by atoms with Gasteiger partial charge < -0.3 is 15.6 Å². The number of nitrogens with one attached hydrogen (secondary N) is 3. The maximum absolute atomic E-state index is 14.4. The number of carbonyl (C=O) groups is 2. The molecule has 8 heteroatoms. The average Bonchev–Trinajstić information content (AvgIpc) is 3.33. The van der Waals surface area contributed by atoms with Crippen LogP contribution in [0.3, 0.4) is 0 Å². The van der Waals surface area contributed by atoms with Gasteiger partial charge in [0, 0.05) is 24.4 Å². The normalized spacial score (nSPS) is 15.7. The second-order valence-electron chi connectivity index (χ2n) is 7.58. The Kier molecular flexibility index (Phi) is 5.79. The Morgan fingerprint density at radius 3 is 2.65 bits per heavy atom. The number of hydrogen-bond donors (Lipinski definition) is 3. The lowest BCUT2D eigenvalue weighted by Crippen LogP contribution is -2.40. The number of aromatic nitrogens is 2. The van der Waals surface area contributed by atoms with Crippen LogP contribution < -0.4 is 10.6 Å². The zero-order chi connectivity index (χ0) is 22.0. The van der Waals surface area contributed by atoms with Gasteiger partial charge in [0.05, 0.1) is 11.3 Å². The molecule has 0 radical (unpaired) electrons. The van der Waals surface area contributed by atoms with Crippen LogP contribution in [0.2, 0.25) is 0 Å². The summed E-state index contributed by atoms with van der Waals surface area (Å²) in [6.45, 7) is 2.26. The molecule has 2 aromatic heterocycles. The van der Waals surface area contributed by atoms with E-state index in [1.807, 2.05) is 0 Å². The lowest BCUT2D eigenvalue weighted by Gasteiger charge is -2.10. The number of hydrogen-bond acceptors (Lipinski definition) is 3. The molecule has 1 saturated heterocycles. The van der Waals surface area contributed by atoms with Crippen molar-refractivity contribution in [2.75, 3.05) is 6.54 Å². The highest BCUT2D eigenvalue weighted by atomic mass is 19.1. The van der Waals surface area contributed by atoms with Crippen LogP contribution in [0.1, 0.15) is 24.1 Å². The molecule has 1 fully saturated rings. The predicted octanol–water partition coefficient (Wildman–Crippen LogP) is 3.27. The Morgan fingerprint density at radius 2 is 1.97 bits per heavy atom. The number of H-pyrrole nitrogens is 1. The molecule has 0 saturated carbocycles. The number of rotatable bonds is 6. The fourth-order valence-electron chi connectivity index (χ4n) is 3.69. The van der Waals surface area contributed by atoms with Crippen LogP contribution in [-0.4, -0.2) is 34.4 Å². The maximum Gasteiger partial charge on any atom is 0.242 e. The first-order chi connectivity index (χ1) is 14.9. The predicted molar refractivity (Wildman–Crippen MR) is 112 cm³/mol. The molecule has 3 aromatic rings. The van der Waals surface area contributed by atoms with E-state index in [0.717, 1.165) is 11.1 Å². The van der Waals surface area contributed by atoms with Gasteiger partial charge in [-0.3, -0.25) is 9.59 Å². The lowest BCUT2D eigenvalue weighted by molar-refractivity contribution is -0.127. The highest BCUT2D eigenvalue weighted by Crippen LogP contribution is 2.31. The van der Waals surface area contributed by atoms with Crippen molar-refractivity contribution in [1.29, 1.82) is 0 Å². The number of amides is 2. The van der Waals surface area contributed by atoms with Crippen LogP contribution in [0, 0.1) is 18.7 Å². The van der Waals surface area contributed by atoms with Gasteiger partial charge in [0.25, 0.3) is 0 Å². The Hall–Kier alpha value is -3.55. The van der Waals surface area contributed by atoms with E-state index in [0.29, 0.717) is 42.0 Å². The van der Waals surface area contributed by atoms with Gasteiger partial charge in [0.15, 0.2) is 0 Å². The van der Waals surface area contributed by atoms with Gasteiger partial charge in [-0.25, -0.2) is 9.37 Å². The molecule has 3 N–H and O–H groups in total. The highest BCUT2D eigenvalue weighted by molar-refractivity contribution is 5.89. The topological polar surface area (TPSA) is 86.9 Å². The van der Waals surface area contributed by atoms with Crippen LogP contribution in [0.15, 0.2) is 42.5 Å². The molecule has 31 heavy (non-hydrogen) atoms. The molecular weight excluding hydrogens is 402 g/mol. The second kappa shape index (κ2) is 8.67. The Morgan fingerprint density at radius 1 is 1.19 bits per heavy atom. The Labute approximate surface area is 178 Å². The largest absolute Gasteiger partial charge is 0.354 e. The maximum atomic E-state index is 14.4. The minimum Gasteiger partial charge on any atom is -0.354 e. The van der Waals surface area contributed by atoms with E-state index in [1.165, 1.54) is 12.1 Å². The summed E-state index contributed by atoms with van der Waals surface area (Å²) in [6.07, 6.45) is 1.09. The summed E-state index contributed by atoms with van der Waals surface area (Å²) in [5.74, 6) is -1.37. The van der Waals surface area contributed by atoms with Crippen LogP contribution in [0.25, 0.3) is 22.5 Å². The number of aryl methyl sites for hydroxylation is 2. The number of aromatic amines is 1. The van der Waals surface area contributed by atoms with Gasteiger partial charge in [-0.05, 0) is 73.4 Å². The summed E-state index contributed by atoms with van der Waals surface area (Å²) in [6, 6.07) is 10.6. The van der Waals surface area contributed by atoms with Gasteiger partial charge >= 0.3 is 0 Å². The summed E-state index contributed by atoms with van der Waals surface area (Å²) in [5.41, 5.74) is 3.59. The molecule has 0 aliphatic carbocycles. The third kappa shape index (κ3) is 4.63. The van der Waals surface area contributed by atoms with Crippen molar-refractivity contribution < 1.29 is 18.4 Å². The van der Waals surface area contributed by atoms with Crippen molar-refractivity contribution in [3.05, 3.63) is 65.5 Å². The summed E-state index contributed by atoms with van der Waals surface area (Å²) < 4.78 is 27.8. The molecule has 6 nitrogen and oxygen atoms in total. The Bertz CT molecular complexity index is 1130. The molecule has 0 spiro atoms. The van der Waals surface area contributed by atoms with E-state index in [1.54, 1.807) is 37.3 Å². The quantitative estimate of drug-likeness (QED) is 0.531. The molecule has 0 bridgehead atoms. The van der Waals surface area contributed by atoms with E-state index >= 15 is 0 Å². The third-order valence-electron chi connectivity index (χ3n) is 5.32. The number of nitrogens with zero attached hydrogens (tertiary/aromatic N) is 1. The summed E-state index contributed by atoms with van der Waals surface area (Å²) >= 11 is 0. The fraction of sp³-hybridized carbons (Fsp3) is 0.261. The standard InChI is InChI=1S/C23H22F2N4O2/c1-13-2-8-17(22(25)27-13)19-12-15(21(29-19)14-3-6-16(24)7-4-14)5-9-20(30)28-18-10-11-26-23(18)31/h2-4,6-8,12,18,29H,5,9-11H2,1H3,(H,26,31)(H,28,30). The van der Waals surface area contributed by atoms with E-state index in [2.05, 4.69) is 20.6 Å². The van der Waals surface area contributed by atoms with Crippen molar-refractivity contribution in [1.82, 2.24) is 20.6 Å². The van der Waals surface area contributed by atoms with Crippen molar-refractivity contribution in [2.24, 2.45) is 0 Å². The number of benzene rings is 1. The SMILES string of the molecule is Cc1ccc(-c2cc(CCC(=O)NC3CCNC3=O)c(-c3ccc(F)cc3)[nH]2)c(F)n1. The van der Waals surface area contributed by atoms with E-state index in [4.69, 9.17) is 0 Å². The molecule has 1 atom stereocenters. The van der Waals surface area contributed by atoms with Crippen molar-refractivity contribution in [3.63, 3.8) is 0 Å². The number of carbonyl (C=O) groups excluding carboxylic acids is 2. The number of halogens is 2. The molecule has 160 valence electrons. The zero-order valence-corrected chi connectivity index (χ0v) is 17.0. The zero-order valence-electron chi connectivity index (χ0n) is 17.0. The first-order valence-corrected chi connectivity index (χ1v) is 10.1. The Balaban J connectivity index is 1.60. The summed E-state index contributed by atoms with van der Waals surface area (Å²) in [5, 5.41) is 5.42. The molecule has 1 aliphatic heterocycles.